The van der Waals surface area contributed by atoms with Crippen LogP contribution < -0.4 is 10.1 Å². The van der Waals surface area contributed by atoms with E-state index in [0.717, 1.165) is 18.3 Å². The smallest absolute Gasteiger partial charge is 0.125 e. The molecule has 0 unspecified atom stereocenters. The van der Waals surface area contributed by atoms with E-state index in [-0.39, 0.29) is 6.10 Å². The number of nitrogens with one attached hydrogen (secondary N) is 1. The minimum absolute atomic E-state index is 0.233. The second-order valence-electron chi connectivity index (χ2n) is 6.47. The Bertz CT molecular complexity index is 472. The Hall–Kier alpha value is -1.22. The molecule has 1 saturated heterocycles. The summed E-state index contributed by atoms with van der Waals surface area (Å²) in [7, 11) is 2.26. The Labute approximate surface area is 122 Å². The molecule has 3 heteroatoms. The monoisotopic (exact) mass is 274 g/mol. The first-order chi connectivity index (χ1) is 9.65. The summed E-state index contributed by atoms with van der Waals surface area (Å²) in [6.07, 6.45) is 4.17. The fourth-order valence-electron chi connectivity index (χ4n) is 3.62. The zero-order valence-electron chi connectivity index (χ0n) is 12.9. The first-order valence-electron chi connectivity index (χ1n) is 7.89. The molecular formula is C17H26N2O. The Morgan fingerprint density at radius 1 is 1.40 bits per heavy atom. The fourth-order valence-corrected chi connectivity index (χ4v) is 3.62. The molecule has 0 amide bonds. The van der Waals surface area contributed by atoms with Crippen molar-refractivity contribution in [1.82, 2.24) is 4.90 Å². The number of hydrogen-bond donors (Lipinski definition) is 1. The van der Waals surface area contributed by atoms with Crippen LogP contribution in [-0.2, 0) is 0 Å². The van der Waals surface area contributed by atoms with Crippen molar-refractivity contribution in [1.29, 1.82) is 0 Å². The molecule has 2 heterocycles. The largest absolute Gasteiger partial charge is 0.491 e. The topological polar surface area (TPSA) is 24.5 Å². The molecule has 3 nitrogen and oxygen atoms in total. The molecular weight excluding hydrogens is 248 g/mol. The Morgan fingerprint density at radius 3 is 2.95 bits per heavy atom. The number of fused-ring (bicyclic) bond motifs is 1. The van der Waals surface area contributed by atoms with Gasteiger partial charge in [0.2, 0.25) is 0 Å². The summed E-state index contributed by atoms with van der Waals surface area (Å²) >= 11 is 0. The van der Waals surface area contributed by atoms with E-state index in [1.54, 1.807) is 0 Å². The lowest BCUT2D eigenvalue weighted by molar-refractivity contribution is 0.236. The lowest BCUT2D eigenvalue weighted by atomic mass is 9.92. The third-order valence-electron chi connectivity index (χ3n) is 4.60. The highest BCUT2D eigenvalue weighted by molar-refractivity contribution is 5.63. The fraction of sp³-hybridized carbons (Fsp3) is 0.647. The lowest BCUT2D eigenvalue weighted by Gasteiger charge is -2.24. The van der Waals surface area contributed by atoms with E-state index in [9.17, 15) is 0 Å². The number of hydrogen-bond acceptors (Lipinski definition) is 3. The van der Waals surface area contributed by atoms with Gasteiger partial charge in [-0.25, -0.2) is 0 Å². The molecule has 0 aromatic heterocycles. The van der Waals surface area contributed by atoms with Crippen LogP contribution >= 0.6 is 0 Å². The molecule has 2 aliphatic rings. The molecule has 20 heavy (non-hydrogen) atoms. The van der Waals surface area contributed by atoms with Crippen molar-refractivity contribution in [2.45, 2.75) is 51.2 Å². The van der Waals surface area contributed by atoms with Gasteiger partial charge in [0.1, 0.15) is 5.75 Å². The maximum absolute atomic E-state index is 6.03. The van der Waals surface area contributed by atoms with Gasteiger partial charge in [0.25, 0.3) is 0 Å². The number of anilines is 1. The Balaban J connectivity index is 1.80. The van der Waals surface area contributed by atoms with Crippen LogP contribution in [0, 0.1) is 0 Å². The van der Waals surface area contributed by atoms with Crippen molar-refractivity contribution in [3.05, 3.63) is 23.8 Å². The third kappa shape index (κ3) is 2.64. The predicted molar refractivity (Wildman–Crippen MR) is 83.7 cm³/mol. The lowest BCUT2D eigenvalue weighted by Crippen LogP contribution is -2.27. The second-order valence-corrected chi connectivity index (χ2v) is 6.47. The second kappa shape index (κ2) is 5.65. The van der Waals surface area contributed by atoms with Crippen LogP contribution in [-0.4, -0.2) is 37.2 Å². The molecule has 2 atom stereocenters. The average molecular weight is 274 g/mol. The summed E-state index contributed by atoms with van der Waals surface area (Å²) in [6.45, 7) is 6.50. The zero-order chi connectivity index (χ0) is 14.1. The molecule has 110 valence electrons. The number of benzene rings is 1. The SMILES string of the molecule is CC(C)Oc1cccc2c1[C@H](C[C@H]1CCCN1C)CN2. The number of rotatable bonds is 4. The summed E-state index contributed by atoms with van der Waals surface area (Å²) in [5.74, 6) is 1.67. The normalized spacial score (nSPS) is 25.8. The highest BCUT2D eigenvalue weighted by Crippen LogP contribution is 2.42. The molecule has 3 rings (SSSR count). The van der Waals surface area contributed by atoms with Gasteiger partial charge in [0, 0.05) is 29.8 Å². The van der Waals surface area contributed by atoms with Crippen molar-refractivity contribution < 1.29 is 4.74 Å². The summed E-state index contributed by atoms with van der Waals surface area (Å²) in [4.78, 5) is 2.52. The van der Waals surface area contributed by atoms with Gasteiger partial charge in [0.15, 0.2) is 0 Å². The Morgan fingerprint density at radius 2 is 2.25 bits per heavy atom. The molecule has 0 saturated carbocycles. The highest BCUT2D eigenvalue weighted by atomic mass is 16.5. The van der Waals surface area contributed by atoms with Gasteiger partial charge < -0.3 is 15.0 Å². The van der Waals surface area contributed by atoms with Crippen LogP contribution in [0.25, 0.3) is 0 Å². The zero-order valence-corrected chi connectivity index (χ0v) is 12.9. The minimum atomic E-state index is 0.233. The van der Waals surface area contributed by atoms with Crippen LogP contribution in [0.4, 0.5) is 5.69 Å². The van der Waals surface area contributed by atoms with Crippen LogP contribution in [0.1, 0.15) is 44.6 Å². The highest BCUT2D eigenvalue weighted by Gasteiger charge is 2.31. The average Bonchev–Trinajstić information content (AvgIpc) is 2.98. The first-order valence-corrected chi connectivity index (χ1v) is 7.89. The van der Waals surface area contributed by atoms with Gasteiger partial charge in [0.05, 0.1) is 6.10 Å². The molecule has 1 fully saturated rings. The van der Waals surface area contributed by atoms with Crippen molar-refractivity contribution in [3.8, 4) is 5.75 Å². The van der Waals surface area contributed by atoms with Gasteiger partial charge in [-0.2, -0.15) is 0 Å². The van der Waals surface area contributed by atoms with E-state index < -0.39 is 0 Å². The van der Waals surface area contributed by atoms with Crippen LogP contribution in [0.3, 0.4) is 0 Å². The predicted octanol–water partition coefficient (Wildman–Crippen LogP) is 3.47. The molecule has 1 N–H and O–H groups in total. The molecule has 0 aliphatic carbocycles. The van der Waals surface area contributed by atoms with Gasteiger partial charge in [-0.1, -0.05) is 6.07 Å². The van der Waals surface area contributed by atoms with Gasteiger partial charge >= 0.3 is 0 Å². The molecule has 1 aromatic rings. The van der Waals surface area contributed by atoms with E-state index >= 15 is 0 Å². The third-order valence-corrected chi connectivity index (χ3v) is 4.60. The first kappa shape index (κ1) is 13.7. The summed E-state index contributed by atoms with van der Waals surface area (Å²) < 4.78 is 6.03. The van der Waals surface area contributed by atoms with Crippen molar-refractivity contribution in [3.63, 3.8) is 0 Å². The summed E-state index contributed by atoms with van der Waals surface area (Å²) in [5.41, 5.74) is 2.68. The van der Waals surface area contributed by atoms with Gasteiger partial charge in [-0.3, -0.25) is 0 Å². The maximum atomic E-state index is 6.03. The van der Waals surface area contributed by atoms with Crippen molar-refractivity contribution in [2.75, 3.05) is 25.5 Å². The molecule has 1 aromatic carbocycles. The van der Waals surface area contributed by atoms with Crippen LogP contribution in [0.2, 0.25) is 0 Å². The molecule has 0 spiro atoms. The van der Waals surface area contributed by atoms with Crippen LogP contribution in [0.15, 0.2) is 18.2 Å². The maximum Gasteiger partial charge on any atom is 0.125 e. The minimum Gasteiger partial charge on any atom is -0.491 e. The van der Waals surface area contributed by atoms with E-state index in [4.69, 9.17) is 4.74 Å². The van der Waals surface area contributed by atoms with Gasteiger partial charge in [-0.15, -0.1) is 0 Å². The summed E-state index contributed by atoms with van der Waals surface area (Å²) in [5, 5.41) is 3.55. The number of ether oxygens (including phenoxy) is 1. The van der Waals surface area contributed by atoms with Crippen molar-refractivity contribution in [2.24, 2.45) is 0 Å². The Kier molecular flexibility index (Phi) is 3.88. The van der Waals surface area contributed by atoms with E-state index in [2.05, 4.69) is 49.3 Å². The molecule has 2 aliphatic heterocycles. The van der Waals surface area contributed by atoms with E-state index in [1.807, 2.05) is 0 Å². The number of nitrogens with zero attached hydrogens (tertiary/aromatic N) is 1. The molecule has 0 bridgehead atoms. The van der Waals surface area contributed by atoms with E-state index in [0.29, 0.717) is 5.92 Å². The van der Waals surface area contributed by atoms with Gasteiger partial charge in [-0.05, 0) is 58.8 Å². The quantitative estimate of drug-likeness (QED) is 0.910. The molecule has 0 radical (unpaired) electrons. The summed E-state index contributed by atoms with van der Waals surface area (Å²) in [6, 6.07) is 7.13. The van der Waals surface area contributed by atoms with Crippen LogP contribution in [0.5, 0.6) is 5.75 Å². The van der Waals surface area contributed by atoms with E-state index in [1.165, 1.54) is 37.1 Å². The van der Waals surface area contributed by atoms with Crippen molar-refractivity contribution >= 4 is 5.69 Å². The standard InChI is InChI=1S/C17H26N2O/c1-12(2)20-16-8-4-7-15-17(16)13(11-18-15)10-14-6-5-9-19(14)3/h4,7-8,12-14,18H,5-6,9-11H2,1-3H3/t13-,14-/m1/s1. The number of likely N-dealkylation sites (tertiary alicyclic amines) is 1.